The SMILES string of the molecule is O=C(NC(c1ccccc1)c1cccc(OCc2ccc(C(=O)N(CCCNC[C@@H](O)c3ccc(O)c4[nH]c(=O)ccc34)CC3CCCC3)cc2)c1)O[C@H]1CN2CCC1CC2. The normalized spacial score (nSPS) is 19.7. The molecule has 3 aliphatic heterocycles. The Balaban J connectivity index is 0.855. The fraction of sp³-hybridized carbons (Fsp3) is 0.408. The molecule has 61 heavy (non-hydrogen) atoms. The molecule has 9 rings (SSSR count). The van der Waals surface area contributed by atoms with E-state index in [9.17, 15) is 24.6 Å². The Morgan fingerprint density at radius 3 is 2.41 bits per heavy atom. The lowest BCUT2D eigenvalue weighted by atomic mass is 9.86. The Hall–Kier alpha value is -5.69. The highest BCUT2D eigenvalue weighted by atomic mass is 16.6. The molecule has 4 aromatic carbocycles. The molecule has 0 radical (unpaired) electrons. The highest BCUT2D eigenvalue weighted by Gasteiger charge is 2.37. The van der Waals surface area contributed by atoms with Crippen LogP contribution in [0.5, 0.6) is 11.5 Å². The number of phenols is 1. The summed E-state index contributed by atoms with van der Waals surface area (Å²) in [5.41, 5.74) is 3.98. The van der Waals surface area contributed by atoms with E-state index in [0.29, 0.717) is 65.7 Å². The lowest BCUT2D eigenvalue weighted by Gasteiger charge is -2.43. The summed E-state index contributed by atoms with van der Waals surface area (Å²) >= 11 is 0. The van der Waals surface area contributed by atoms with Crippen LogP contribution in [-0.2, 0) is 11.3 Å². The predicted octanol–water partition coefficient (Wildman–Crippen LogP) is 7.07. The molecule has 12 nitrogen and oxygen atoms in total. The third-order valence-corrected chi connectivity index (χ3v) is 12.7. The van der Waals surface area contributed by atoms with Crippen molar-refractivity contribution in [3.05, 3.63) is 141 Å². The van der Waals surface area contributed by atoms with Crippen molar-refractivity contribution in [2.45, 2.75) is 69.8 Å². The van der Waals surface area contributed by atoms with Crippen molar-refractivity contribution in [2.75, 3.05) is 45.8 Å². The number of alkyl carbamates (subject to hydrolysis) is 1. The molecule has 4 fully saturated rings. The first-order chi connectivity index (χ1) is 29.8. The third-order valence-electron chi connectivity index (χ3n) is 12.7. The summed E-state index contributed by atoms with van der Waals surface area (Å²) in [6.07, 6.45) is 6.14. The zero-order valence-corrected chi connectivity index (χ0v) is 34.6. The van der Waals surface area contributed by atoms with Gasteiger partial charge in [-0.05, 0) is 122 Å². The van der Waals surface area contributed by atoms with Crippen LogP contribution in [-0.4, -0.2) is 88.9 Å². The van der Waals surface area contributed by atoms with Crippen LogP contribution in [0.4, 0.5) is 4.79 Å². The molecule has 1 saturated carbocycles. The molecule has 0 spiro atoms. The second-order valence-corrected chi connectivity index (χ2v) is 16.9. The number of fused-ring (bicyclic) bond motifs is 4. The van der Waals surface area contributed by atoms with E-state index < -0.39 is 18.2 Å². The van der Waals surface area contributed by atoms with Gasteiger partial charge in [-0.25, -0.2) is 4.79 Å². The van der Waals surface area contributed by atoms with Crippen molar-refractivity contribution in [3.63, 3.8) is 0 Å². The first kappa shape index (κ1) is 42.0. The summed E-state index contributed by atoms with van der Waals surface area (Å²) in [4.78, 5) is 46.0. The number of benzene rings is 4. The predicted molar refractivity (Wildman–Crippen MR) is 235 cm³/mol. The summed E-state index contributed by atoms with van der Waals surface area (Å²) in [6.45, 7) is 5.45. The Kier molecular flexibility index (Phi) is 13.6. The van der Waals surface area contributed by atoms with Gasteiger partial charge in [0.1, 0.15) is 24.2 Å². The lowest BCUT2D eigenvalue weighted by Crippen LogP contribution is -2.52. The van der Waals surface area contributed by atoms with E-state index in [1.165, 1.54) is 25.0 Å². The van der Waals surface area contributed by atoms with Crippen LogP contribution in [0.3, 0.4) is 0 Å². The number of aliphatic hydroxyl groups is 1. The second kappa shape index (κ2) is 19.8. The molecular formula is C49H57N5O7. The number of nitrogens with one attached hydrogen (secondary N) is 3. The van der Waals surface area contributed by atoms with Crippen LogP contribution in [0.2, 0.25) is 0 Å². The van der Waals surface area contributed by atoms with Crippen molar-refractivity contribution in [1.82, 2.24) is 25.4 Å². The Morgan fingerprint density at radius 1 is 0.885 bits per heavy atom. The highest BCUT2D eigenvalue weighted by Crippen LogP contribution is 2.32. The van der Waals surface area contributed by atoms with Gasteiger partial charge < -0.3 is 40.2 Å². The number of aromatic amines is 1. The molecule has 3 atom stereocenters. The number of aromatic hydroxyl groups is 1. The van der Waals surface area contributed by atoms with Gasteiger partial charge in [0.15, 0.2) is 0 Å². The van der Waals surface area contributed by atoms with Gasteiger partial charge in [-0.15, -0.1) is 0 Å². The first-order valence-electron chi connectivity index (χ1n) is 21.9. The molecule has 2 amide bonds. The molecule has 2 bridgehead atoms. The minimum atomic E-state index is -0.852. The van der Waals surface area contributed by atoms with Crippen molar-refractivity contribution < 1.29 is 29.3 Å². The maximum Gasteiger partial charge on any atom is 0.408 e. The van der Waals surface area contributed by atoms with E-state index in [4.69, 9.17) is 9.47 Å². The molecule has 3 saturated heterocycles. The molecule has 12 heteroatoms. The van der Waals surface area contributed by atoms with Crippen LogP contribution in [0.1, 0.15) is 89.7 Å². The smallest absolute Gasteiger partial charge is 0.408 e. The maximum atomic E-state index is 13.9. The zero-order valence-electron chi connectivity index (χ0n) is 34.6. The van der Waals surface area contributed by atoms with E-state index in [1.807, 2.05) is 83.8 Å². The molecule has 5 aromatic rings. The Labute approximate surface area is 356 Å². The molecular weight excluding hydrogens is 771 g/mol. The number of H-pyrrole nitrogens is 1. The van der Waals surface area contributed by atoms with Gasteiger partial charge in [-0.1, -0.05) is 73.5 Å². The Morgan fingerprint density at radius 2 is 1.66 bits per heavy atom. The van der Waals surface area contributed by atoms with Gasteiger partial charge in [0.2, 0.25) is 5.56 Å². The van der Waals surface area contributed by atoms with Crippen LogP contribution in [0, 0.1) is 11.8 Å². The van der Waals surface area contributed by atoms with E-state index in [2.05, 4.69) is 20.5 Å². The minimum absolute atomic E-state index is 0.00291. The van der Waals surface area contributed by atoms with Crippen molar-refractivity contribution in [3.8, 4) is 11.5 Å². The zero-order chi connectivity index (χ0) is 42.1. The molecule has 1 aliphatic carbocycles. The number of carbonyl (C=O) groups excluding carboxylic acids is 2. The second-order valence-electron chi connectivity index (χ2n) is 16.9. The summed E-state index contributed by atoms with van der Waals surface area (Å²) in [5.74, 6) is 1.54. The third kappa shape index (κ3) is 10.6. The summed E-state index contributed by atoms with van der Waals surface area (Å²) < 4.78 is 12.3. The molecule has 4 heterocycles. The van der Waals surface area contributed by atoms with Gasteiger partial charge in [-0.2, -0.15) is 0 Å². The van der Waals surface area contributed by atoms with Crippen LogP contribution < -0.4 is 20.9 Å². The number of ether oxygens (including phenoxy) is 2. The summed E-state index contributed by atoms with van der Waals surface area (Å²) in [6, 6.07) is 31.0. The largest absolute Gasteiger partial charge is 0.506 e. The van der Waals surface area contributed by atoms with Crippen molar-refractivity contribution in [2.24, 2.45) is 11.8 Å². The van der Waals surface area contributed by atoms with Crippen LogP contribution in [0.15, 0.2) is 108 Å². The van der Waals surface area contributed by atoms with Crippen molar-refractivity contribution >= 4 is 22.9 Å². The number of amides is 2. The number of carbonyl (C=O) groups is 2. The number of aromatic nitrogens is 1. The number of nitrogens with zero attached hydrogens (tertiary/aromatic N) is 2. The average molecular weight is 828 g/mol. The van der Waals surface area contributed by atoms with Gasteiger partial charge >= 0.3 is 6.09 Å². The lowest BCUT2D eigenvalue weighted by molar-refractivity contribution is -0.0336. The maximum absolute atomic E-state index is 13.9. The number of rotatable bonds is 17. The summed E-state index contributed by atoms with van der Waals surface area (Å²) in [5, 5.41) is 28.2. The van der Waals surface area contributed by atoms with E-state index >= 15 is 0 Å². The topological polar surface area (TPSA) is 156 Å². The van der Waals surface area contributed by atoms with Gasteiger partial charge in [0.25, 0.3) is 5.91 Å². The fourth-order valence-electron chi connectivity index (χ4n) is 9.29. The van der Waals surface area contributed by atoms with Crippen molar-refractivity contribution in [1.29, 1.82) is 0 Å². The number of hydrogen-bond acceptors (Lipinski definition) is 9. The first-order valence-corrected chi connectivity index (χ1v) is 21.9. The number of hydrogen-bond donors (Lipinski definition) is 5. The van der Waals surface area contributed by atoms with Gasteiger partial charge in [0, 0.05) is 43.2 Å². The molecule has 5 N–H and O–H groups in total. The Bertz CT molecular complexity index is 2300. The number of piperidine rings is 3. The summed E-state index contributed by atoms with van der Waals surface area (Å²) in [7, 11) is 0. The molecule has 1 aromatic heterocycles. The standard InChI is InChI=1S/C49H57N5O7/c55-42-20-18-40(41-19-21-45(57)51-47(41)42)43(56)29-50-24-7-25-54(30-33-8-4-5-9-33)48(58)37-16-14-34(15-17-37)32-60-39-13-6-12-38(28-39)46(36-10-2-1-3-11-36)52-49(59)61-44-31-53-26-22-35(44)23-27-53/h1-3,6,10-21,28,33,35,43-44,46,50,55-56H,4-5,7-9,22-27,29-32H2,(H,51,57)(H,52,59)/t43-,44+,46?/m1/s1. The van der Waals surface area contributed by atoms with Gasteiger partial charge in [0.05, 0.1) is 17.7 Å². The van der Waals surface area contributed by atoms with E-state index in [1.54, 1.807) is 12.1 Å². The fourth-order valence-corrected chi connectivity index (χ4v) is 9.29. The number of aliphatic hydroxyl groups excluding tert-OH is 1. The van der Waals surface area contributed by atoms with E-state index in [0.717, 1.165) is 68.6 Å². The van der Waals surface area contributed by atoms with Crippen LogP contribution >= 0.6 is 0 Å². The quantitative estimate of drug-likeness (QED) is 0.0620. The minimum Gasteiger partial charge on any atom is -0.506 e. The number of pyridine rings is 1. The van der Waals surface area contributed by atoms with Crippen LogP contribution in [0.25, 0.3) is 10.9 Å². The molecule has 4 aliphatic rings. The number of phenolic OH excluding ortho intramolecular Hbond substituents is 1. The highest BCUT2D eigenvalue weighted by molar-refractivity contribution is 5.94. The molecule has 1 unspecified atom stereocenters. The molecule has 320 valence electrons. The monoisotopic (exact) mass is 827 g/mol. The average Bonchev–Trinajstić information content (AvgIpc) is 3.81. The van der Waals surface area contributed by atoms with E-state index in [-0.39, 0.29) is 29.9 Å². The van der Waals surface area contributed by atoms with Gasteiger partial charge in [-0.3, -0.25) is 14.5 Å².